The van der Waals surface area contributed by atoms with E-state index >= 15 is 0 Å². The third kappa shape index (κ3) is 10.00. The summed E-state index contributed by atoms with van der Waals surface area (Å²) in [6.45, 7) is 25.6. The predicted molar refractivity (Wildman–Crippen MR) is 210 cm³/mol. The Morgan fingerprint density at radius 3 is 2.39 bits per heavy atom. The van der Waals surface area contributed by atoms with Crippen molar-refractivity contribution in [2.45, 2.75) is 189 Å². The van der Waals surface area contributed by atoms with Crippen molar-refractivity contribution in [1.29, 1.82) is 0 Å². The number of hydrogen-bond donors (Lipinski definition) is 1. The van der Waals surface area contributed by atoms with Gasteiger partial charge in [-0.25, -0.2) is 0 Å². The summed E-state index contributed by atoms with van der Waals surface area (Å²) < 4.78 is 6.24. The number of rotatable bonds is 18. The lowest BCUT2D eigenvalue weighted by atomic mass is 9.47. The van der Waals surface area contributed by atoms with E-state index in [2.05, 4.69) is 73.7 Å². The maximum absolute atomic E-state index is 13.3. The molecule has 4 aliphatic rings. The van der Waals surface area contributed by atoms with E-state index in [9.17, 15) is 9.59 Å². The number of carbonyl (C=O) groups excluding carboxylic acids is 2. The molecule has 0 aromatic carbocycles. The molecule has 4 rings (SSSR count). The molecular formula is C44H77NO3S. The number of fused-ring (bicyclic) bond motifs is 5. The molecular weight excluding hydrogens is 623 g/mol. The fourth-order valence-electron chi connectivity index (χ4n) is 11.0. The first-order chi connectivity index (χ1) is 22.9. The van der Waals surface area contributed by atoms with Crippen LogP contribution >= 0.6 is 11.8 Å². The van der Waals surface area contributed by atoms with Gasteiger partial charge in [0.05, 0.1) is 11.4 Å². The molecule has 5 heteroatoms. The Hall–Kier alpha value is -0.810. The summed E-state index contributed by atoms with van der Waals surface area (Å²) in [5.74, 6) is 6.31. The number of amides is 1. The lowest BCUT2D eigenvalue weighted by molar-refractivity contribution is -0.124. The van der Waals surface area contributed by atoms with Gasteiger partial charge in [0.15, 0.2) is 0 Å². The quantitative estimate of drug-likeness (QED) is 0.145. The molecule has 1 N–H and O–H groups in total. The molecule has 3 fully saturated rings. The van der Waals surface area contributed by atoms with E-state index in [0.717, 1.165) is 54.8 Å². The van der Waals surface area contributed by atoms with Gasteiger partial charge >= 0.3 is 0 Å². The van der Waals surface area contributed by atoms with Gasteiger partial charge in [-0.1, -0.05) is 86.3 Å². The molecule has 0 spiro atoms. The Kier molecular flexibility index (Phi) is 14.1. The van der Waals surface area contributed by atoms with E-state index < -0.39 is 0 Å². The normalized spacial score (nSPS) is 33.3. The summed E-state index contributed by atoms with van der Waals surface area (Å²) >= 11 is 1.89. The van der Waals surface area contributed by atoms with Crippen LogP contribution in [0.15, 0.2) is 11.6 Å². The molecule has 282 valence electrons. The smallest absolute Gasteiger partial charge is 0.230 e. The van der Waals surface area contributed by atoms with Crippen LogP contribution < -0.4 is 5.32 Å². The molecule has 1 amide bonds. The van der Waals surface area contributed by atoms with Crippen LogP contribution in [0.25, 0.3) is 0 Å². The zero-order chi connectivity index (χ0) is 36.2. The zero-order valence-corrected chi connectivity index (χ0v) is 34.7. The number of hydrogen-bond acceptors (Lipinski definition) is 4. The van der Waals surface area contributed by atoms with Crippen LogP contribution in [-0.2, 0) is 14.3 Å². The van der Waals surface area contributed by atoms with Crippen LogP contribution in [-0.4, -0.2) is 40.4 Å². The van der Waals surface area contributed by atoms with Gasteiger partial charge < -0.3 is 10.1 Å². The third-order valence-electron chi connectivity index (χ3n) is 14.7. The highest BCUT2D eigenvalue weighted by atomic mass is 32.2. The fraction of sp³-hybridized carbons (Fsp3) is 0.909. The van der Waals surface area contributed by atoms with Crippen LogP contribution in [0.2, 0.25) is 0 Å². The number of nitrogens with one attached hydrogen (secondary N) is 1. The van der Waals surface area contributed by atoms with Crippen LogP contribution in [0.4, 0.5) is 0 Å². The number of allylic oxidation sites excluding steroid dienone is 2. The topological polar surface area (TPSA) is 55.4 Å². The molecule has 0 aromatic heterocycles. The summed E-state index contributed by atoms with van der Waals surface area (Å²) in [5.41, 5.74) is 2.01. The van der Waals surface area contributed by atoms with E-state index in [0.29, 0.717) is 40.6 Å². The maximum atomic E-state index is 13.3. The van der Waals surface area contributed by atoms with Crippen molar-refractivity contribution in [1.82, 2.24) is 5.32 Å². The van der Waals surface area contributed by atoms with Gasteiger partial charge in [0.25, 0.3) is 0 Å². The van der Waals surface area contributed by atoms with Crippen molar-refractivity contribution in [3.05, 3.63) is 11.6 Å². The van der Waals surface area contributed by atoms with Crippen molar-refractivity contribution < 1.29 is 14.3 Å². The third-order valence-corrected chi connectivity index (χ3v) is 16.0. The SMILES string of the molecule is CCC(C)(CCOC(C)(C)CCC(=O)C(C)C)NC(=O)CSC1CC[C@@]2(C)C(=CC[C@H]3[C@@H]4CC[C@H]([C@H](C)CCCC(C)C)[C@@]4(C)CC[C@@H]32)C1. The molecule has 49 heavy (non-hydrogen) atoms. The minimum Gasteiger partial charge on any atom is -0.375 e. The Morgan fingerprint density at radius 2 is 1.71 bits per heavy atom. The number of thioether (sulfide) groups is 1. The molecule has 0 saturated heterocycles. The van der Waals surface area contributed by atoms with Crippen LogP contribution in [0.3, 0.4) is 0 Å². The van der Waals surface area contributed by atoms with E-state index in [1.165, 1.54) is 70.6 Å². The maximum Gasteiger partial charge on any atom is 0.230 e. The van der Waals surface area contributed by atoms with Crippen LogP contribution in [0, 0.1) is 52.3 Å². The van der Waals surface area contributed by atoms with Crippen LogP contribution in [0.1, 0.15) is 172 Å². The van der Waals surface area contributed by atoms with Gasteiger partial charge in [-0.2, -0.15) is 0 Å². The van der Waals surface area contributed by atoms with E-state index in [4.69, 9.17) is 4.74 Å². The highest BCUT2D eigenvalue weighted by Crippen LogP contribution is 2.67. The monoisotopic (exact) mass is 700 g/mol. The summed E-state index contributed by atoms with van der Waals surface area (Å²) in [4.78, 5) is 25.4. The first-order valence-electron chi connectivity index (χ1n) is 20.7. The summed E-state index contributed by atoms with van der Waals surface area (Å²) in [7, 11) is 0. The van der Waals surface area contributed by atoms with E-state index in [1.807, 2.05) is 25.6 Å². The number of ketones is 1. The van der Waals surface area contributed by atoms with Crippen LogP contribution in [0.5, 0.6) is 0 Å². The Balaban J connectivity index is 1.25. The molecule has 4 aliphatic carbocycles. The largest absolute Gasteiger partial charge is 0.375 e. The predicted octanol–water partition coefficient (Wildman–Crippen LogP) is 11.6. The van der Waals surface area contributed by atoms with E-state index in [1.54, 1.807) is 5.57 Å². The summed E-state index contributed by atoms with van der Waals surface area (Å²) in [5, 5.41) is 3.92. The Bertz CT molecular complexity index is 1150. The molecule has 4 nitrogen and oxygen atoms in total. The Labute approximate surface area is 307 Å². The highest BCUT2D eigenvalue weighted by Gasteiger charge is 2.59. The number of carbonyl (C=O) groups is 2. The molecule has 9 atom stereocenters. The van der Waals surface area contributed by atoms with Gasteiger partial charge in [-0.3, -0.25) is 9.59 Å². The van der Waals surface area contributed by atoms with Gasteiger partial charge in [-0.15, -0.1) is 11.8 Å². The first-order valence-corrected chi connectivity index (χ1v) is 21.8. The summed E-state index contributed by atoms with van der Waals surface area (Å²) in [6, 6.07) is 0. The van der Waals surface area contributed by atoms with Crippen molar-refractivity contribution in [3.8, 4) is 0 Å². The van der Waals surface area contributed by atoms with Gasteiger partial charge in [0, 0.05) is 29.7 Å². The minimum absolute atomic E-state index is 0.0730. The average molecular weight is 700 g/mol. The highest BCUT2D eigenvalue weighted by molar-refractivity contribution is 8.00. The van der Waals surface area contributed by atoms with E-state index in [-0.39, 0.29) is 23.0 Å². The molecule has 2 unspecified atom stereocenters. The van der Waals surface area contributed by atoms with Crippen molar-refractivity contribution in [2.24, 2.45) is 52.3 Å². The number of ether oxygens (including phenoxy) is 1. The molecule has 0 heterocycles. The fourth-order valence-corrected chi connectivity index (χ4v) is 12.1. The molecule has 0 aliphatic heterocycles. The lowest BCUT2D eigenvalue weighted by Gasteiger charge is -2.58. The second-order valence-electron chi connectivity index (χ2n) is 19.4. The molecule has 0 aromatic rings. The van der Waals surface area contributed by atoms with Gasteiger partial charge in [0.2, 0.25) is 5.91 Å². The average Bonchev–Trinajstić information content (AvgIpc) is 3.39. The zero-order valence-electron chi connectivity index (χ0n) is 33.8. The minimum atomic E-state index is -0.343. The first kappa shape index (κ1) is 41.0. The van der Waals surface area contributed by atoms with Crippen molar-refractivity contribution in [2.75, 3.05) is 12.4 Å². The summed E-state index contributed by atoms with van der Waals surface area (Å²) in [6.07, 6.45) is 20.6. The standard InChI is InChI=1S/C44H77NO3S/c1-12-42(9,26-27-48-41(7,8)23-22-39(46)31(4)5)45-40(47)29-49-34-20-24-43(10)33(28-34)16-17-35-37-19-18-36(32(6)15-13-14-30(2)3)44(37,11)25-21-38(35)43/h16,30-32,34-38H,12-15,17-29H2,1-11H3,(H,45,47)/t32-,34?,35+,36-,37+,38+,42?,43+,44-/m1/s1. The molecule has 0 bridgehead atoms. The molecule has 3 saturated carbocycles. The second kappa shape index (κ2) is 16.9. The lowest BCUT2D eigenvalue weighted by Crippen LogP contribution is -2.50. The molecule has 0 radical (unpaired) electrons. The Morgan fingerprint density at radius 1 is 0.980 bits per heavy atom. The van der Waals surface area contributed by atoms with Crippen molar-refractivity contribution >= 4 is 23.5 Å². The van der Waals surface area contributed by atoms with Crippen molar-refractivity contribution in [3.63, 3.8) is 0 Å². The number of Topliss-reactive ketones (excluding diaryl/α,β-unsaturated/α-hetero) is 1. The van der Waals surface area contributed by atoms with Gasteiger partial charge in [0.1, 0.15) is 5.78 Å². The van der Waals surface area contributed by atoms with Gasteiger partial charge in [-0.05, 0) is 138 Å². The second-order valence-corrected chi connectivity index (χ2v) is 20.7.